The van der Waals surface area contributed by atoms with Crippen LogP contribution in [0.1, 0.15) is 41.5 Å². The van der Waals surface area contributed by atoms with Gasteiger partial charge in [0.2, 0.25) is 0 Å². The summed E-state index contributed by atoms with van der Waals surface area (Å²) < 4.78 is 6.34. The van der Waals surface area contributed by atoms with Crippen molar-refractivity contribution in [2.75, 3.05) is 18.0 Å². The molecule has 0 aliphatic carbocycles. The van der Waals surface area contributed by atoms with E-state index in [1.807, 2.05) is 13.0 Å². The zero-order valence-corrected chi connectivity index (χ0v) is 18.0. The Bertz CT molecular complexity index is 1180. The van der Waals surface area contributed by atoms with E-state index in [9.17, 15) is 10.5 Å². The van der Waals surface area contributed by atoms with Crippen LogP contribution in [0.3, 0.4) is 0 Å². The number of hydrogen-bond acceptors (Lipinski definition) is 4. The topological polar surface area (TPSA) is 60.0 Å². The fourth-order valence-electron chi connectivity index (χ4n) is 4.03. The molecule has 1 aliphatic rings. The maximum absolute atomic E-state index is 9.51. The van der Waals surface area contributed by atoms with Crippen molar-refractivity contribution in [3.05, 3.63) is 76.9 Å². The smallest absolute Gasteiger partial charge is 0.152 e. The normalized spacial score (nSPS) is 13.4. The molecule has 1 saturated heterocycles. The van der Waals surface area contributed by atoms with Gasteiger partial charge in [0.1, 0.15) is 17.9 Å². The highest BCUT2D eigenvalue weighted by Gasteiger charge is 2.19. The lowest BCUT2D eigenvalue weighted by Crippen LogP contribution is -2.29. The van der Waals surface area contributed by atoms with Crippen molar-refractivity contribution in [1.82, 2.24) is 0 Å². The van der Waals surface area contributed by atoms with Crippen molar-refractivity contribution in [1.29, 1.82) is 10.5 Å². The van der Waals surface area contributed by atoms with E-state index < -0.39 is 0 Å². The Morgan fingerprint density at radius 2 is 1.39 bits per heavy atom. The van der Waals surface area contributed by atoms with Gasteiger partial charge in [0.15, 0.2) is 5.75 Å². The molecule has 0 saturated carbocycles. The standard InChI is InChI=1S/C27H25N3O/c1-19-6-8-21(9-7-19)22-10-11-26(20(2)14-22)31-27-16-24(18-29)23(17-28)15-25(27)30-12-4-3-5-13-30/h6-11,14-16H,3-5,12-13H2,1-2H3. The number of hydrogen-bond donors (Lipinski definition) is 0. The van der Waals surface area contributed by atoms with Gasteiger partial charge in [-0.25, -0.2) is 0 Å². The molecule has 0 radical (unpaired) electrons. The van der Waals surface area contributed by atoms with Crippen molar-refractivity contribution in [3.63, 3.8) is 0 Å². The average molecular weight is 408 g/mol. The van der Waals surface area contributed by atoms with Crippen LogP contribution in [0.15, 0.2) is 54.6 Å². The molecular weight excluding hydrogens is 382 g/mol. The van der Waals surface area contributed by atoms with Gasteiger partial charge in [-0.1, -0.05) is 35.9 Å². The first-order valence-electron chi connectivity index (χ1n) is 10.7. The molecule has 4 nitrogen and oxygen atoms in total. The maximum Gasteiger partial charge on any atom is 0.152 e. The van der Waals surface area contributed by atoms with E-state index in [2.05, 4.69) is 60.4 Å². The number of anilines is 1. The second kappa shape index (κ2) is 8.94. The largest absolute Gasteiger partial charge is 0.455 e. The Morgan fingerprint density at radius 3 is 2.03 bits per heavy atom. The zero-order valence-electron chi connectivity index (χ0n) is 18.0. The molecule has 0 bridgehead atoms. The third-order valence-electron chi connectivity index (χ3n) is 5.82. The second-order valence-electron chi connectivity index (χ2n) is 8.09. The monoisotopic (exact) mass is 407 g/mol. The number of nitriles is 2. The van der Waals surface area contributed by atoms with E-state index >= 15 is 0 Å². The molecule has 154 valence electrons. The van der Waals surface area contributed by atoms with E-state index in [4.69, 9.17) is 4.74 Å². The van der Waals surface area contributed by atoms with Crippen molar-refractivity contribution >= 4 is 5.69 Å². The number of benzene rings is 3. The Morgan fingerprint density at radius 1 is 0.742 bits per heavy atom. The van der Waals surface area contributed by atoms with Gasteiger partial charge in [0.05, 0.1) is 16.8 Å². The van der Waals surface area contributed by atoms with Crippen LogP contribution in [0.5, 0.6) is 11.5 Å². The molecular formula is C27H25N3O. The van der Waals surface area contributed by atoms with Crippen molar-refractivity contribution in [3.8, 4) is 34.8 Å². The lowest BCUT2D eigenvalue weighted by Gasteiger charge is -2.30. The second-order valence-corrected chi connectivity index (χ2v) is 8.09. The highest BCUT2D eigenvalue weighted by atomic mass is 16.5. The summed E-state index contributed by atoms with van der Waals surface area (Å²) in [6.45, 7) is 5.97. The summed E-state index contributed by atoms with van der Waals surface area (Å²) in [5, 5.41) is 19.0. The molecule has 1 fully saturated rings. The Labute approximate surface area is 183 Å². The van der Waals surface area contributed by atoms with Gasteiger partial charge >= 0.3 is 0 Å². The van der Waals surface area contributed by atoms with Crippen molar-refractivity contribution in [2.24, 2.45) is 0 Å². The molecule has 3 aromatic carbocycles. The lowest BCUT2D eigenvalue weighted by atomic mass is 10.0. The van der Waals surface area contributed by atoms with E-state index in [0.717, 1.165) is 48.5 Å². The predicted molar refractivity (Wildman–Crippen MR) is 123 cm³/mol. The summed E-state index contributed by atoms with van der Waals surface area (Å²) in [5.74, 6) is 1.38. The minimum Gasteiger partial charge on any atom is -0.455 e. The van der Waals surface area contributed by atoms with Gasteiger partial charge in [0, 0.05) is 19.2 Å². The first kappa shape index (κ1) is 20.5. The molecule has 31 heavy (non-hydrogen) atoms. The molecule has 0 amide bonds. The molecule has 3 aromatic rings. The van der Waals surface area contributed by atoms with Crippen LogP contribution < -0.4 is 9.64 Å². The Balaban J connectivity index is 1.70. The number of ether oxygens (including phenoxy) is 1. The van der Waals surface area contributed by atoms with E-state index in [0.29, 0.717) is 16.9 Å². The van der Waals surface area contributed by atoms with Crippen LogP contribution in [-0.4, -0.2) is 13.1 Å². The number of aryl methyl sites for hydroxylation is 2. The highest BCUT2D eigenvalue weighted by molar-refractivity contribution is 5.69. The number of rotatable bonds is 4. The van der Waals surface area contributed by atoms with Gasteiger partial charge in [-0.05, 0) is 68.0 Å². The lowest BCUT2D eigenvalue weighted by molar-refractivity contribution is 0.473. The van der Waals surface area contributed by atoms with Gasteiger partial charge in [0.25, 0.3) is 0 Å². The van der Waals surface area contributed by atoms with E-state index in [1.165, 1.54) is 17.5 Å². The Hall–Kier alpha value is -3.76. The summed E-state index contributed by atoms with van der Waals surface area (Å²) in [4.78, 5) is 2.26. The highest BCUT2D eigenvalue weighted by Crippen LogP contribution is 2.38. The van der Waals surface area contributed by atoms with Crippen molar-refractivity contribution < 1.29 is 4.74 Å². The molecule has 0 unspecified atom stereocenters. The van der Waals surface area contributed by atoms with Crippen LogP contribution in [-0.2, 0) is 0 Å². The first-order chi connectivity index (χ1) is 15.1. The average Bonchev–Trinajstić information content (AvgIpc) is 2.81. The summed E-state index contributed by atoms with van der Waals surface area (Å²) in [6.07, 6.45) is 3.45. The van der Waals surface area contributed by atoms with Crippen LogP contribution in [0.4, 0.5) is 5.69 Å². The van der Waals surface area contributed by atoms with Gasteiger partial charge < -0.3 is 9.64 Å². The first-order valence-corrected chi connectivity index (χ1v) is 10.7. The fraction of sp³-hybridized carbons (Fsp3) is 0.259. The molecule has 4 heteroatoms. The van der Waals surface area contributed by atoms with Gasteiger partial charge in [-0.15, -0.1) is 0 Å². The van der Waals surface area contributed by atoms with Gasteiger partial charge in [-0.3, -0.25) is 0 Å². The summed E-state index contributed by atoms with van der Waals surface area (Å²) >= 11 is 0. The third-order valence-corrected chi connectivity index (χ3v) is 5.82. The molecule has 1 heterocycles. The quantitative estimate of drug-likeness (QED) is 0.495. The minimum absolute atomic E-state index is 0.340. The predicted octanol–water partition coefficient (Wildman–Crippen LogP) is 6.50. The molecule has 0 spiro atoms. The van der Waals surface area contributed by atoms with Crippen LogP contribution >= 0.6 is 0 Å². The van der Waals surface area contributed by atoms with Crippen LogP contribution in [0.2, 0.25) is 0 Å². The molecule has 0 N–H and O–H groups in total. The molecule has 0 aromatic heterocycles. The van der Waals surface area contributed by atoms with Gasteiger partial charge in [-0.2, -0.15) is 10.5 Å². The molecule has 0 atom stereocenters. The van der Waals surface area contributed by atoms with E-state index in [1.54, 1.807) is 12.1 Å². The fourth-order valence-corrected chi connectivity index (χ4v) is 4.03. The molecule has 1 aliphatic heterocycles. The summed E-state index contributed by atoms with van der Waals surface area (Å²) in [6, 6.07) is 22.4. The SMILES string of the molecule is Cc1ccc(-c2ccc(Oc3cc(C#N)c(C#N)cc3N3CCCCC3)c(C)c2)cc1. The minimum atomic E-state index is 0.340. The number of piperidine rings is 1. The van der Waals surface area contributed by atoms with Crippen LogP contribution in [0, 0.1) is 36.5 Å². The van der Waals surface area contributed by atoms with Crippen molar-refractivity contribution in [2.45, 2.75) is 33.1 Å². The number of nitrogens with zero attached hydrogens (tertiary/aromatic N) is 3. The summed E-state index contributed by atoms with van der Waals surface area (Å²) in [5.41, 5.74) is 6.18. The Kier molecular flexibility index (Phi) is 5.92. The molecule has 4 rings (SSSR count). The van der Waals surface area contributed by atoms with E-state index in [-0.39, 0.29) is 0 Å². The maximum atomic E-state index is 9.51. The third kappa shape index (κ3) is 4.39. The van der Waals surface area contributed by atoms with Crippen LogP contribution in [0.25, 0.3) is 11.1 Å². The summed E-state index contributed by atoms with van der Waals surface area (Å²) in [7, 11) is 0. The zero-order chi connectivity index (χ0) is 21.8.